The van der Waals surface area contributed by atoms with Gasteiger partial charge < -0.3 is 14.6 Å². The number of hydrogen-bond acceptors (Lipinski definition) is 3. The first-order valence-corrected chi connectivity index (χ1v) is 12.3. The fourth-order valence-corrected chi connectivity index (χ4v) is 3.01. The Morgan fingerprint density at radius 1 is 0.963 bits per heavy atom. The van der Waals surface area contributed by atoms with Crippen LogP contribution in [-0.4, -0.2) is 27.4 Å². The number of ether oxygens (including phenoxy) is 2. The third kappa shape index (κ3) is 5.66. The maximum Gasteiger partial charge on any atom is 0.141 e. The zero-order valence-corrected chi connectivity index (χ0v) is 17.8. The van der Waals surface area contributed by atoms with Crippen LogP contribution in [0.2, 0.25) is 19.6 Å². The minimum atomic E-state index is -1.58. The molecule has 3 nitrogen and oxygen atoms in total. The van der Waals surface area contributed by atoms with Gasteiger partial charge in [-0.05, 0) is 30.7 Å². The second-order valence-corrected chi connectivity index (χ2v) is 12.1. The number of aliphatic hydroxyl groups is 1. The SMILES string of the molecule is COc1ccccc1C#CC(O)c1cc(C)cc(OC)c1C#C[Si](C)(C)C. The first-order chi connectivity index (χ1) is 12.7. The maximum absolute atomic E-state index is 10.8. The summed E-state index contributed by atoms with van der Waals surface area (Å²) in [6.07, 6.45) is -0.977. The maximum atomic E-state index is 10.8. The predicted molar refractivity (Wildman–Crippen MR) is 113 cm³/mol. The molecule has 0 bridgehead atoms. The first kappa shape index (κ1) is 20.6. The number of hydrogen-bond donors (Lipinski definition) is 1. The Balaban J connectivity index is 2.52. The van der Waals surface area contributed by atoms with Crippen LogP contribution in [-0.2, 0) is 0 Å². The molecule has 0 spiro atoms. The molecule has 2 rings (SSSR count). The largest absolute Gasteiger partial charge is 0.495 e. The van der Waals surface area contributed by atoms with Gasteiger partial charge in [-0.3, -0.25) is 0 Å². The van der Waals surface area contributed by atoms with Gasteiger partial charge in [0.2, 0.25) is 0 Å². The number of para-hydroxylation sites is 1. The minimum absolute atomic E-state index is 0.661. The summed E-state index contributed by atoms with van der Waals surface area (Å²) in [6, 6.07) is 11.3. The van der Waals surface area contributed by atoms with Crippen molar-refractivity contribution >= 4 is 8.07 Å². The molecule has 0 aromatic heterocycles. The topological polar surface area (TPSA) is 38.7 Å². The van der Waals surface area contributed by atoms with Gasteiger partial charge in [0, 0.05) is 5.56 Å². The summed E-state index contributed by atoms with van der Waals surface area (Å²) in [6.45, 7) is 8.50. The van der Waals surface area contributed by atoms with E-state index in [9.17, 15) is 5.11 Å². The van der Waals surface area contributed by atoms with Gasteiger partial charge in [0.1, 0.15) is 25.7 Å². The molecule has 0 aliphatic carbocycles. The Hall–Kier alpha value is -2.66. The molecule has 1 atom stereocenters. The van der Waals surface area contributed by atoms with Crippen molar-refractivity contribution in [1.82, 2.24) is 0 Å². The molecule has 0 fully saturated rings. The van der Waals surface area contributed by atoms with Gasteiger partial charge in [0.25, 0.3) is 0 Å². The second kappa shape index (κ2) is 8.82. The normalized spacial score (nSPS) is 11.5. The van der Waals surface area contributed by atoms with E-state index in [0.717, 1.165) is 11.1 Å². The average Bonchev–Trinajstić information content (AvgIpc) is 2.63. The molecule has 4 heteroatoms. The molecule has 0 saturated carbocycles. The van der Waals surface area contributed by atoms with E-state index in [4.69, 9.17) is 9.47 Å². The molecule has 1 N–H and O–H groups in total. The van der Waals surface area contributed by atoms with Crippen molar-refractivity contribution in [3.05, 3.63) is 58.7 Å². The number of rotatable bonds is 3. The fourth-order valence-electron chi connectivity index (χ4n) is 2.51. The lowest BCUT2D eigenvalue weighted by Gasteiger charge is -2.14. The molecular weight excluding hydrogens is 352 g/mol. The van der Waals surface area contributed by atoms with E-state index in [0.29, 0.717) is 22.6 Å². The number of benzene rings is 2. The van der Waals surface area contributed by atoms with Crippen LogP contribution < -0.4 is 9.47 Å². The van der Waals surface area contributed by atoms with Crippen molar-refractivity contribution in [2.75, 3.05) is 14.2 Å². The molecule has 0 saturated heterocycles. The van der Waals surface area contributed by atoms with Crippen molar-refractivity contribution in [1.29, 1.82) is 0 Å². The minimum Gasteiger partial charge on any atom is -0.495 e. The number of aliphatic hydroxyl groups excluding tert-OH is 1. The number of methoxy groups -OCH3 is 2. The molecule has 140 valence electrons. The van der Waals surface area contributed by atoms with Gasteiger partial charge in [-0.25, -0.2) is 0 Å². The van der Waals surface area contributed by atoms with Crippen LogP contribution in [0.1, 0.15) is 28.4 Å². The highest BCUT2D eigenvalue weighted by molar-refractivity contribution is 6.83. The molecule has 0 heterocycles. The summed E-state index contributed by atoms with van der Waals surface area (Å²) in [5.41, 5.74) is 6.43. The van der Waals surface area contributed by atoms with Crippen molar-refractivity contribution in [2.45, 2.75) is 32.7 Å². The molecule has 1 unspecified atom stereocenters. The lowest BCUT2D eigenvalue weighted by molar-refractivity contribution is 0.237. The third-order valence-corrected chi connectivity index (χ3v) is 4.68. The van der Waals surface area contributed by atoms with Gasteiger partial charge in [-0.2, -0.15) is 0 Å². The van der Waals surface area contributed by atoms with Gasteiger partial charge in [-0.15, -0.1) is 5.54 Å². The lowest BCUT2D eigenvalue weighted by atomic mass is 9.99. The Kier molecular flexibility index (Phi) is 6.74. The van der Waals surface area contributed by atoms with Crippen molar-refractivity contribution < 1.29 is 14.6 Å². The van der Waals surface area contributed by atoms with Gasteiger partial charge >= 0.3 is 0 Å². The first-order valence-electron chi connectivity index (χ1n) is 8.79. The number of aryl methyl sites for hydroxylation is 1. The van der Waals surface area contributed by atoms with E-state index in [1.807, 2.05) is 43.3 Å². The van der Waals surface area contributed by atoms with E-state index in [1.54, 1.807) is 14.2 Å². The van der Waals surface area contributed by atoms with Crippen molar-refractivity contribution in [2.24, 2.45) is 0 Å². The van der Waals surface area contributed by atoms with Crippen LogP contribution in [0.4, 0.5) is 0 Å². The summed E-state index contributed by atoms with van der Waals surface area (Å²) in [7, 11) is 1.64. The van der Waals surface area contributed by atoms with E-state index in [-0.39, 0.29) is 0 Å². The summed E-state index contributed by atoms with van der Waals surface area (Å²) in [4.78, 5) is 0. The van der Waals surface area contributed by atoms with E-state index >= 15 is 0 Å². The predicted octanol–water partition coefficient (Wildman–Crippen LogP) is 4.33. The Morgan fingerprint density at radius 2 is 1.63 bits per heavy atom. The zero-order valence-electron chi connectivity index (χ0n) is 16.8. The Bertz CT molecular complexity index is 934. The van der Waals surface area contributed by atoms with Crippen LogP contribution >= 0.6 is 0 Å². The zero-order chi connectivity index (χ0) is 20.0. The van der Waals surface area contributed by atoms with Gasteiger partial charge in [-0.1, -0.05) is 55.6 Å². The fraction of sp³-hybridized carbons (Fsp3) is 0.304. The third-order valence-electron chi connectivity index (χ3n) is 3.80. The van der Waals surface area contributed by atoms with E-state index < -0.39 is 14.2 Å². The van der Waals surface area contributed by atoms with Crippen molar-refractivity contribution in [3.63, 3.8) is 0 Å². The highest BCUT2D eigenvalue weighted by Crippen LogP contribution is 2.28. The van der Waals surface area contributed by atoms with E-state index in [2.05, 4.69) is 42.9 Å². The Morgan fingerprint density at radius 3 is 2.26 bits per heavy atom. The monoisotopic (exact) mass is 378 g/mol. The van der Waals surface area contributed by atoms with Crippen LogP contribution in [0.5, 0.6) is 11.5 Å². The van der Waals surface area contributed by atoms with Crippen LogP contribution in [0, 0.1) is 30.2 Å². The van der Waals surface area contributed by atoms with Crippen molar-refractivity contribution in [3.8, 4) is 34.8 Å². The smallest absolute Gasteiger partial charge is 0.141 e. The molecular formula is C23H26O3Si. The lowest BCUT2D eigenvalue weighted by Crippen LogP contribution is -2.16. The molecule has 0 amide bonds. The average molecular weight is 379 g/mol. The van der Waals surface area contributed by atoms with Gasteiger partial charge in [0.15, 0.2) is 0 Å². The van der Waals surface area contributed by atoms with E-state index in [1.165, 1.54) is 0 Å². The molecule has 27 heavy (non-hydrogen) atoms. The van der Waals surface area contributed by atoms with Crippen LogP contribution in [0.25, 0.3) is 0 Å². The van der Waals surface area contributed by atoms with Crippen LogP contribution in [0.3, 0.4) is 0 Å². The highest BCUT2D eigenvalue weighted by atomic mass is 28.3. The molecule has 2 aromatic rings. The molecule has 0 aliphatic heterocycles. The van der Waals surface area contributed by atoms with Gasteiger partial charge in [0.05, 0.1) is 25.3 Å². The standard InChI is InChI=1S/C23H26O3Si/c1-17-15-20(19(23(16-17)26-3)13-14-27(4,5)6)21(24)12-11-18-9-7-8-10-22(18)25-2/h7-10,15-16,21,24H,1-6H3. The summed E-state index contributed by atoms with van der Waals surface area (Å²) in [5.74, 6) is 10.5. The Labute approximate surface area is 163 Å². The second-order valence-electron chi connectivity index (χ2n) is 7.30. The molecule has 0 aliphatic rings. The van der Waals surface area contributed by atoms with Crippen LogP contribution in [0.15, 0.2) is 36.4 Å². The summed E-state index contributed by atoms with van der Waals surface area (Å²) >= 11 is 0. The summed E-state index contributed by atoms with van der Waals surface area (Å²) in [5, 5.41) is 10.8. The molecule has 0 radical (unpaired) electrons. The highest BCUT2D eigenvalue weighted by Gasteiger charge is 2.16. The summed E-state index contributed by atoms with van der Waals surface area (Å²) < 4.78 is 10.8. The molecule has 2 aromatic carbocycles. The quantitative estimate of drug-likeness (QED) is 0.638.